The molecule has 0 aliphatic heterocycles. The zero-order valence-corrected chi connectivity index (χ0v) is 11.1. The maximum Gasteiger partial charge on any atom is 0.119 e. The Labute approximate surface area is 103 Å². The molecule has 0 aromatic heterocycles. The van der Waals surface area contributed by atoms with Gasteiger partial charge >= 0.3 is 0 Å². The number of rotatable bonds is 6. The van der Waals surface area contributed by atoms with E-state index in [2.05, 4.69) is 26.0 Å². The molecule has 0 atom stereocenters. The molecule has 3 heteroatoms. The maximum absolute atomic E-state index is 5.70. The van der Waals surface area contributed by atoms with Gasteiger partial charge in [0.15, 0.2) is 0 Å². The van der Waals surface area contributed by atoms with Crippen molar-refractivity contribution in [3.8, 4) is 5.75 Å². The van der Waals surface area contributed by atoms with Gasteiger partial charge in [0.05, 0.1) is 7.11 Å². The van der Waals surface area contributed by atoms with Crippen molar-refractivity contribution in [3.05, 3.63) is 24.3 Å². The molecule has 0 bridgehead atoms. The second kappa shape index (κ2) is 6.16. The molecule has 0 radical (unpaired) electrons. The molecule has 2 nitrogen and oxygen atoms in total. The zero-order chi connectivity index (χ0) is 12.0. The first-order valence-electron chi connectivity index (χ1n) is 5.54. The first-order valence-corrected chi connectivity index (χ1v) is 6.53. The SMILES string of the molecule is COc1cccc(SCCC(C)(C)CN)c1. The van der Waals surface area contributed by atoms with Gasteiger partial charge in [0.2, 0.25) is 0 Å². The van der Waals surface area contributed by atoms with Crippen LogP contribution in [0, 0.1) is 5.41 Å². The number of ether oxygens (including phenoxy) is 1. The first kappa shape index (κ1) is 13.4. The van der Waals surface area contributed by atoms with Crippen molar-refractivity contribution in [3.63, 3.8) is 0 Å². The van der Waals surface area contributed by atoms with Gasteiger partial charge in [-0.3, -0.25) is 0 Å². The third-order valence-electron chi connectivity index (χ3n) is 2.64. The van der Waals surface area contributed by atoms with Gasteiger partial charge in [-0.25, -0.2) is 0 Å². The third-order valence-corrected chi connectivity index (χ3v) is 3.64. The molecular formula is C13H21NOS. The average Bonchev–Trinajstić information content (AvgIpc) is 2.29. The summed E-state index contributed by atoms with van der Waals surface area (Å²) in [4.78, 5) is 1.26. The molecule has 0 aliphatic carbocycles. The van der Waals surface area contributed by atoms with E-state index in [4.69, 9.17) is 10.5 Å². The third kappa shape index (κ3) is 4.45. The van der Waals surface area contributed by atoms with E-state index < -0.39 is 0 Å². The molecule has 1 aromatic rings. The van der Waals surface area contributed by atoms with E-state index in [1.807, 2.05) is 23.9 Å². The van der Waals surface area contributed by atoms with Crippen molar-refractivity contribution in [1.29, 1.82) is 0 Å². The van der Waals surface area contributed by atoms with Crippen molar-refractivity contribution in [2.45, 2.75) is 25.2 Å². The lowest BCUT2D eigenvalue weighted by Crippen LogP contribution is -2.23. The zero-order valence-electron chi connectivity index (χ0n) is 10.3. The van der Waals surface area contributed by atoms with E-state index in [0.29, 0.717) is 0 Å². The molecule has 0 aliphatic rings. The van der Waals surface area contributed by atoms with Gasteiger partial charge in [-0.2, -0.15) is 0 Å². The minimum absolute atomic E-state index is 0.242. The second-order valence-corrected chi connectivity index (χ2v) is 5.81. The molecule has 1 rings (SSSR count). The van der Waals surface area contributed by atoms with Crippen LogP contribution in [0.25, 0.3) is 0 Å². The molecular weight excluding hydrogens is 218 g/mol. The summed E-state index contributed by atoms with van der Waals surface area (Å²) in [6.07, 6.45) is 1.13. The van der Waals surface area contributed by atoms with Crippen LogP contribution < -0.4 is 10.5 Å². The summed E-state index contributed by atoms with van der Waals surface area (Å²) < 4.78 is 5.19. The van der Waals surface area contributed by atoms with Crippen molar-refractivity contribution in [1.82, 2.24) is 0 Å². The van der Waals surface area contributed by atoms with Crippen LogP contribution >= 0.6 is 11.8 Å². The predicted octanol–water partition coefficient (Wildman–Crippen LogP) is 3.16. The Kier molecular flexibility index (Phi) is 5.16. The van der Waals surface area contributed by atoms with E-state index in [9.17, 15) is 0 Å². The monoisotopic (exact) mass is 239 g/mol. The highest BCUT2D eigenvalue weighted by atomic mass is 32.2. The van der Waals surface area contributed by atoms with Crippen molar-refractivity contribution in [2.24, 2.45) is 11.1 Å². The molecule has 0 unspecified atom stereocenters. The van der Waals surface area contributed by atoms with Gasteiger partial charge in [0.1, 0.15) is 5.75 Å². The van der Waals surface area contributed by atoms with E-state index in [1.54, 1.807) is 7.11 Å². The first-order chi connectivity index (χ1) is 7.57. The highest BCUT2D eigenvalue weighted by Gasteiger charge is 2.14. The quantitative estimate of drug-likeness (QED) is 0.774. The lowest BCUT2D eigenvalue weighted by molar-refractivity contribution is 0.368. The molecule has 0 spiro atoms. The molecule has 0 saturated carbocycles. The Morgan fingerprint density at radius 1 is 1.38 bits per heavy atom. The number of hydrogen-bond donors (Lipinski definition) is 1. The molecule has 0 fully saturated rings. The Bertz CT molecular complexity index is 325. The summed E-state index contributed by atoms with van der Waals surface area (Å²) in [6, 6.07) is 8.17. The Morgan fingerprint density at radius 2 is 2.12 bits per heavy atom. The van der Waals surface area contributed by atoms with Crippen LogP contribution in [0.1, 0.15) is 20.3 Å². The maximum atomic E-state index is 5.70. The summed E-state index contributed by atoms with van der Waals surface area (Å²) in [6.45, 7) is 5.16. The Morgan fingerprint density at radius 3 is 2.75 bits per heavy atom. The number of thioether (sulfide) groups is 1. The minimum atomic E-state index is 0.242. The molecule has 1 aromatic carbocycles. The van der Waals surface area contributed by atoms with E-state index >= 15 is 0 Å². The van der Waals surface area contributed by atoms with Crippen LogP contribution in [0.15, 0.2) is 29.2 Å². The van der Waals surface area contributed by atoms with Crippen LogP contribution in [0.2, 0.25) is 0 Å². The van der Waals surface area contributed by atoms with Gasteiger partial charge in [0, 0.05) is 4.90 Å². The fourth-order valence-electron chi connectivity index (χ4n) is 1.24. The van der Waals surface area contributed by atoms with Crippen LogP contribution in [0.4, 0.5) is 0 Å². The average molecular weight is 239 g/mol. The van der Waals surface area contributed by atoms with Crippen LogP contribution in [-0.2, 0) is 0 Å². The fourth-order valence-corrected chi connectivity index (χ4v) is 2.50. The Balaban J connectivity index is 2.42. The number of nitrogens with two attached hydrogens (primary N) is 1. The summed E-state index contributed by atoms with van der Waals surface area (Å²) in [7, 11) is 1.70. The summed E-state index contributed by atoms with van der Waals surface area (Å²) in [5.74, 6) is 2.01. The van der Waals surface area contributed by atoms with E-state index in [-0.39, 0.29) is 5.41 Å². The largest absolute Gasteiger partial charge is 0.497 e. The molecule has 0 saturated heterocycles. The van der Waals surface area contributed by atoms with Crippen LogP contribution in [0.5, 0.6) is 5.75 Å². The highest BCUT2D eigenvalue weighted by Crippen LogP contribution is 2.27. The van der Waals surface area contributed by atoms with Gasteiger partial charge < -0.3 is 10.5 Å². The van der Waals surface area contributed by atoms with Crippen molar-refractivity contribution < 1.29 is 4.74 Å². The predicted molar refractivity (Wildman–Crippen MR) is 71.2 cm³/mol. The van der Waals surface area contributed by atoms with E-state index in [0.717, 1.165) is 24.5 Å². The van der Waals surface area contributed by atoms with Gasteiger partial charge in [-0.1, -0.05) is 19.9 Å². The summed E-state index contributed by atoms with van der Waals surface area (Å²) in [5, 5.41) is 0. The van der Waals surface area contributed by atoms with E-state index in [1.165, 1.54) is 4.90 Å². The molecule has 2 N–H and O–H groups in total. The van der Waals surface area contributed by atoms with Crippen molar-refractivity contribution >= 4 is 11.8 Å². The topological polar surface area (TPSA) is 35.2 Å². The lowest BCUT2D eigenvalue weighted by Gasteiger charge is -2.21. The normalized spacial score (nSPS) is 11.5. The van der Waals surface area contributed by atoms with Crippen molar-refractivity contribution in [2.75, 3.05) is 19.4 Å². The van der Waals surface area contributed by atoms with Crippen LogP contribution in [0.3, 0.4) is 0 Å². The highest BCUT2D eigenvalue weighted by molar-refractivity contribution is 7.99. The van der Waals surface area contributed by atoms with Gasteiger partial charge in [-0.05, 0) is 42.3 Å². The molecule has 0 amide bonds. The van der Waals surface area contributed by atoms with Crippen LogP contribution in [-0.4, -0.2) is 19.4 Å². The van der Waals surface area contributed by atoms with Gasteiger partial charge in [0.25, 0.3) is 0 Å². The second-order valence-electron chi connectivity index (χ2n) is 4.65. The Hall–Kier alpha value is -0.670. The lowest BCUT2D eigenvalue weighted by atomic mass is 9.91. The number of methoxy groups -OCH3 is 1. The van der Waals surface area contributed by atoms with Gasteiger partial charge in [-0.15, -0.1) is 11.8 Å². The number of hydrogen-bond acceptors (Lipinski definition) is 3. The summed E-state index contributed by atoms with van der Waals surface area (Å²) >= 11 is 1.86. The fraction of sp³-hybridized carbons (Fsp3) is 0.538. The smallest absolute Gasteiger partial charge is 0.119 e. The standard InChI is InChI=1S/C13H21NOS/c1-13(2,10-14)7-8-16-12-6-4-5-11(9-12)15-3/h4-6,9H,7-8,10,14H2,1-3H3. The molecule has 16 heavy (non-hydrogen) atoms. The minimum Gasteiger partial charge on any atom is -0.497 e. The summed E-state index contributed by atoms with van der Waals surface area (Å²) in [5.41, 5.74) is 5.94. The molecule has 0 heterocycles. The number of benzene rings is 1. The molecule has 90 valence electrons.